The van der Waals surface area contributed by atoms with Crippen molar-refractivity contribution in [1.82, 2.24) is 5.43 Å². The quantitative estimate of drug-likeness (QED) is 0.514. The van der Waals surface area contributed by atoms with Gasteiger partial charge >= 0.3 is 11.8 Å². The first kappa shape index (κ1) is 16.7. The molecule has 0 aliphatic carbocycles. The number of aryl methyl sites for hydroxylation is 1. The molecule has 0 unspecified atom stereocenters. The highest BCUT2D eigenvalue weighted by Crippen LogP contribution is 2.20. The van der Waals surface area contributed by atoms with Crippen molar-refractivity contribution < 1.29 is 9.59 Å². The molecule has 2 amide bonds. The highest BCUT2D eigenvalue weighted by Gasteiger charge is 2.13. The predicted octanol–water partition coefficient (Wildman–Crippen LogP) is 2.99. The zero-order valence-corrected chi connectivity index (χ0v) is 13.3. The Balaban J connectivity index is 1.89. The Labute approximate surface area is 139 Å². The molecule has 0 radical (unpaired) electrons. The molecule has 0 spiro atoms. The van der Waals surface area contributed by atoms with Crippen molar-refractivity contribution in [3.8, 4) is 0 Å². The van der Waals surface area contributed by atoms with E-state index in [2.05, 4.69) is 22.8 Å². The van der Waals surface area contributed by atoms with Crippen molar-refractivity contribution in [3.05, 3.63) is 64.7 Å². The van der Waals surface area contributed by atoms with Gasteiger partial charge in [-0.15, -0.1) is 0 Å². The Morgan fingerprint density at radius 2 is 1.78 bits per heavy atom. The molecule has 0 bridgehead atoms. The smallest absolute Gasteiger partial charge is 0.316 e. The lowest BCUT2D eigenvalue weighted by atomic mass is 10.1. The summed E-state index contributed by atoms with van der Waals surface area (Å²) in [6.45, 7) is 2.07. The summed E-state index contributed by atoms with van der Waals surface area (Å²) in [5, 5.41) is 6.54. The Morgan fingerprint density at radius 1 is 1.09 bits per heavy atom. The molecule has 6 heteroatoms. The third-order valence-corrected chi connectivity index (χ3v) is 3.43. The van der Waals surface area contributed by atoms with Crippen molar-refractivity contribution in [2.75, 3.05) is 5.32 Å². The minimum atomic E-state index is -0.869. The number of anilines is 1. The van der Waals surface area contributed by atoms with Crippen LogP contribution in [-0.2, 0) is 16.0 Å². The highest BCUT2D eigenvalue weighted by molar-refractivity contribution is 6.41. The van der Waals surface area contributed by atoms with Crippen LogP contribution in [0.2, 0.25) is 5.02 Å². The number of benzene rings is 2. The fraction of sp³-hybridized carbons (Fsp3) is 0.118. The average Bonchev–Trinajstić information content (AvgIpc) is 2.57. The minimum absolute atomic E-state index is 0.355. The number of carbonyl (C=O) groups is 2. The van der Waals surface area contributed by atoms with Gasteiger partial charge in [-0.1, -0.05) is 54.9 Å². The van der Waals surface area contributed by atoms with E-state index in [1.165, 1.54) is 11.8 Å². The van der Waals surface area contributed by atoms with Crippen molar-refractivity contribution in [2.45, 2.75) is 13.3 Å². The monoisotopic (exact) mass is 329 g/mol. The van der Waals surface area contributed by atoms with Gasteiger partial charge < -0.3 is 5.32 Å². The van der Waals surface area contributed by atoms with E-state index in [0.29, 0.717) is 10.7 Å². The summed E-state index contributed by atoms with van der Waals surface area (Å²) in [7, 11) is 0. The third kappa shape index (κ3) is 4.93. The molecule has 0 heterocycles. The van der Waals surface area contributed by atoms with Gasteiger partial charge in [0.15, 0.2) is 0 Å². The van der Waals surface area contributed by atoms with Crippen LogP contribution in [0, 0.1) is 0 Å². The summed E-state index contributed by atoms with van der Waals surface area (Å²) in [6, 6.07) is 14.4. The number of hydrogen-bond donors (Lipinski definition) is 2. The van der Waals surface area contributed by atoms with Crippen LogP contribution in [0.1, 0.15) is 18.1 Å². The van der Waals surface area contributed by atoms with Crippen LogP contribution < -0.4 is 10.7 Å². The van der Waals surface area contributed by atoms with Crippen LogP contribution in [0.4, 0.5) is 5.69 Å². The van der Waals surface area contributed by atoms with E-state index in [9.17, 15) is 9.59 Å². The summed E-state index contributed by atoms with van der Waals surface area (Å²) < 4.78 is 0. The Kier molecular flexibility index (Phi) is 5.88. The number of amides is 2. The number of hydrazone groups is 1. The van der Waals surface area contributed by atoms with Gasteiger partial charge in [-0.3, -0.25) is 9.59 Å². The van der Waals surface area contributed by atoms with Gasteiger partial charge in [0.2, 0.25) is 0 Å². The van der Waals surface area contributed by atoms with E-state index in [4.69, 9.17) is 11.6 Å². The van der Waals surface area contributed by atoms with E-state index in [0.717, 1.165) is 12.0 Å². The number of nitrogens with zero attached hydrogens (tertiary/aromatic N) is 1. The molecule has 5 nitrogen and oxygen atoms in total. The maximum absolute atomic E-state index is 11.7. The van der Waals surface area contributed by atoms with Gasteiger partial charge in [0, 0.05) is 0 Å². The molecule has 2 N–H and O–H groups in total. The molecule has 2 aromatic rings. The van der Waals surface area contributed by atoms with Crippen LogP contribution in [0.5, 0.6) is 0 Å². The van der Waals surface area contributed by atoms with E-state index in [1.54, 1.807) is 24.3 Å². The number of nitrogens with one attached hydrogen (secondary N) is 2. The number of para-hydroxylation sites is 1. The van der Waals surface area contributed by atoms with Crippen LogP contribution in [-0.4, -0.2) is 18.0 Å². The van der Waals surface area contributed by atoms with Gasteiger partial charge in [-0.2, -0.15) is 5.10 Å². The van der Waals surface area contributed by atoms with Gasteiger partial charge in [-0.25, -0.2) is 5.43 Å². The second-order valence-corrected chi connectivity index (χ2v) is 5.14. The predicted molar refractivity (Wildman–Crippen MR) is 91.6 cm³/mol. The zero-order chi connectivity index (χ0) is 16.7. The molecule has 0 saturated carbocycles. The number of rotatable bonds is 4. The lowest BCUT2D eigenvalue weighted by Crippen LogP contribution is -2.32. The molecule has 0 fully saturated rings. The summed E-state index contributed by atoms with van der Waals surface area (Å²) in [4.78, 5) is 23.4. The SMILES string of the molecule is CCc1ccc(/C=N\NC(=O)C(=O)Nc2ccccc2Cl)cc1. The maximum Gasteiger partial charge on any atom is 0.329 e. The molecule has 0 aliphatic heterocycles. The topological polar surface area (TPSA) is 70.6 Å². The third-order valence-electron chi connectivity index (χ3n) is 3.10. The van der Waals surface area contributed by atoms with Gasteiger partial charge in [0.1, 0.15) is 0 Å². The first-order chi connectivity index (χ1) is 11.1. The van der Waals surface area contributed by atoms with Crippen molar-refractivity contribution >= 4 is 35.3 Å². The van der Waals surface area contributed by atoms with E-state index in [-0.39, 0.29) is 0 Å². The number of halogens is 1. The largest absolute Gasteiger partial charge is 0.329 e. The second kappa shape index (κ2) is 8.10. The highest BCUT2D eigenvalue weighted by atomic mass is 35.5. The molecule has 2 aromatic carbocycles. The van der Waals surface area contributed by atoms with Gasteiger partial charge in [0.05, 0.1) is 16.9 Å². The lowest BCUT2D eigenvalue weighted by molar-refractivity contribution is -0.136. The average molecular weight is 330 g/mol. The van der Waals surface area contributed by atoms with Crippen molar-refractivity contribution in [1.29, 1.82) is 0 Å². The maximum atomic E-state index is 11.7. The Hall–Kier alpha value is -2.66. The molecule has 0 saturated heterocycles. The summed E-state index contributed by atoms with van der Waals surface area (Å²) >= 11 is 5.91. The summed E-state index contributed by atoms with van der Waals surface area (Å²) in [5.41, 5.74) is 4.58. The molecule has 2 rings (SSSR count). The number of carbonyl (C=O) groups excluding carboxylic acids is 2. The minimum Gasteiger partial charge on any atom is -0.316 e. The fourth-order valence-electron chi connectivity index (χ4n) is 1.80. The molecular formula is C17H16ClN3O2. The van der Waals surface area contributed by atoms with Gasteiger partial charge in [0.25, 0.3) is 0 Å². The standard InChI is InChI=1S/C17H16ClN3O2/c1-2-12-7-9-13(10-8-12)11-19-21-17(23)16(22)20-15-6-4-3-5-14(15)18/h3-11H,2H2,1H3,(H,20,22)(H,21,23)/b19-11-. The lowest BCUT2D eigenvalue weighted by Gasteiger charge is -2.05. The van der Waals surface area contributed by atoms with Crippen LogP contribution in [0.25, 0.3) is 0 Å². The fourth-order valence-corrected chi connectivity index (χ4v) is 1.98. The second-order valence-electron chi connectivity index (χ2n) is 4.73. The van der Waals surface area contributed by atoms with E-state index in [1.807, 2.05) is 24.3 Å². The first-order valence-corrected chi connectivity index (χ1v) is 7.46. The normalized spacial score (nSPS) is 10.5. The molecule has 118 valence electrons. The number of hydrogen-bond acceptors (Lipinski definition) is 3. The molecule has 0 aliphatic rings. The molecule has 23 heavy (non-hydrogen) atoms. The van der Waals surface area contributed by atoms with Crippen molar-refractivity contribution in [2.24, 2.45) is 5.10 Å². The van der Waals surface area contributed by atoms with Gasteiger partial charge in [-0.05, 0) is 29.7 Å². The first-order valence-electron chi connectivity index (χ1n) is 7.08. The Bertz CT molecular complexity index is 727. The summed E-state index contributed by atoms with van der Waals surface area (Å²) in [6.07, 6.45) is 2.43. The van der Waals surface area contributed by atoms with Crippen molar-refractivity contribution in [3.63, 3.8) is 0 Å². The molecular weight excluding hydrogens is 314 g/mol. The molecule has 0 aromatic heterocycles. The van der Waals surface area contributed by atoms with Crippen LogP contribution in [0.3, 0.4) is 0 Å². The summed E-state index contributed by atoms with van der Waals surface area (Å²) in [5.74, 6) is -1.71. The van der Waals surface area contributed by atoms with Crippen LogP contribution >= 0.6 is 11.6 Å². The van der Waals surface area contributed by atoms with E-state index < -0.39 is 11.8 Å². The zero-order valence-electron chi connectivity index (χ0n) is 12.5. The van der Waals surface area contributed by atoms with E-state index >= 15 is 0 Å². The molecule has 0 atom stereocenters. The van der Waals surface area contributed by atoms with Crippen LogP contribution in [0.15, 0.2) is 53.6 Å². The Morgan fingerprint density at radius 3 is 2.43 bits per heavy atom.